The van der Waals surface area contributed by atoms with Crippen molar-refractivity contribution in [2.24, 2.45) is 0 Å². The number of hydrogen-bond donors (Lipinski definition) is 2. The number of amides is 5. The maximum atomic E-state index is 14.6. The number of piperazine rings is 1. The van der Waals surface area contributed by atoms with Gasteiger partial charge < -0.3 is 25.2 Å². The average Bonchev–Trinajstić information content (AvgIpc) is 3.58. The van der Waals surface area contributed by atoms with Gasteiger partial charge in [0, 0.05) is 30.8 Å². The predicted octanol–water partition coefficient (Wildman–Crippen LogP) is 6.99. The second kappa shape index (κ2) is 16.6. The predicted molar refractivity (Wildman–Crippen MR) is 225 cm³/mol. The lowest BCUT2D eigenvalue weighted by molar-refractivity contribution is -0.157. The van der Waals surface area contributed by atoms with Crippen LogP contribution in [0.4, 0.5) is 10.5 Å². The van der Waals surface area contributed by atoms with Gasteiger partial charge >= 0.3 is 6.03 Å². The summed E-state index contributed by atoms with van der Waals surface area (Å²) >= 11 is 0. The van der Waals surface area contributed by atoms with Crippen LogP contribution in [0, 0.1) is 0 Å². The standard InChI is InChI=1S/C47H44N6O5/c1-3-26-51(47(57)48-28-33-20-24-38(58-2)25-21-33)52-31-44(54)53-42(46(56)50(30-43(52)53)29-36-14-8-12-34-10-4-6-15-39(34)36)27-32-18-22-37(23-19-32)49-45(55)41-17-9-13-35-11-5-7-16-40(35)41/h3-25,42-43H,1,26-31H2,2H3,(H,48,57)(H,49,55)/t42-,43+/m0/s1. The van der Waals surface area contributed by atoms with Crippen LogP contribution in [0.25, 0.3) is 21.5 Å². The van der Waals surface area contributed by atoms with Crippen molar-refractivity contribution < 1.29 is 23.9 Å². The molecule has 2 N–H and O–H groups in total. The fourth-order valence-corrected chi connectivity index (χ4v) is 8.03. The first-order valence-corrected chi connectivity index (χ1v) is 19.3. The molecule has 11 heteroatoms. The van der Waals surface area contributed by atoms with Gasteiger partial charge in [-0.15, -0.1) is 6.58 Å². The monoisotopic (exact) mass is 772 g/mol. The molecule has 2 heterocycles. The third kappa shape index (κ3) is 7.72. The number of hydrazine groups is 1. The molecule has 6 aromatic rings. The third-order valence-electron chi connectivity index (χ3n) is 10.9. The van der Waals surface area contributed by atoms with Crippen molar-refractivity contribution in [3.8, 4) is 5.75 Å². The number of nitrogens with zero attached hydrogens (tertiary/aromatic N) is 4. The Bertz CT molecular complexity index is 2490. The van der Waals surface area contributed by atoms with Gasteiger partial charge in [-0.05, 0) is 68.6 Å². The number of ether oxygens (including phenoxy) is 1. The molecule has 2 fully saturated rings. The van der Waals surface area contributed by atoms with E-state index in [2.05, 4.69) is 17.2 Å². The van der Waals surface area contributed by atoms with Gasteiger partial charge in [0.1, 0.15) is 18.0 Å². The third-order valence-corrected chi connectivity index (χ3v) is 10.9. The Morgan fingerprint density at radius 2 is 1.47 bits per heavy atom. The number of hydrogen-bond acceptors (Lipinski definition) is 6. The number of anilines is 1. The van der Waals surface area contributed by atoms with Crippen molar-refractivity contribution in [2.75, 3.05) is 32.1 Å². The van der Waals surface area contributed by atoms with Crippen molar-refractivity contribution in [2.45, 2.75) is 31.7 Å². The highest BCUT2D eigenvalue weighted by atomic mass is 16.5. The fourth-order valence-electron chi connectivity index (χ4n) is 8.03. The largest absolute Gasteiger partial charge is 0.497 e. The summed E-state index contributed by atoms with van der Waals surface area (Å²) in [6.45, 7) is 4.76. The van der Waals surface area contributed by atoms with E-state index in [1.54, 1.807) is 34.1 Å². The molecule has 0 spiro atoms. The summed E-state index contributed by atoms with van der Waals surface area (Å²) in [6, 6.07) is 41.1. The minimum Gasteiger partial charge on any atom is -0.497 e. The molecule has 0 aromatic heterocycles. The normalized spacial score (nSPS) is 16.6. The summed E-state index contributed by atoms with van der Waals surface area (Å²) in [5.41, 5.74) is 3.87. The van der Waals surface area contributed by atoms with Gasteiger partial charge in [0.05, 0.1) is 26.7 Å². The average molecular weight is 773 g/mol. The van der Waals surface area contributed by atoms with Crippen molar-refractivity contribution in [1.29, 1.82) is 0 Å². The molecule has 2 atom stereocenters. The number of methoxy groups -OCH3 is 1. The van der Waals surface area contributed by atoms with Gasteiger partial charge in [-0.3, -0.25) is 19.4 Å². The van der Waals surface area contributed by atoms with E-state index in [0.717, 1.165) is 38.2 Å². The Kier molecular flexibility index (Phi) is 10.9. The van der Waals surface area contributed by atoms with E-state index in [1.807, 2.05) is 127 Å². The van der Waals surface area contributed by atoms with Crippen LogP contribution in [-0.2, 0) is 29.1 Å². The summed E-state index contributed by atoms with van der Waals surface area (Å²) in [5.74, 6) is 0.0722. The molecule has 2 aliphatic rings. The van der Waals surface area contributed by atoms with E-state index in [1.165, 1.54) is 5.01 Å². The Morgan fingerprint density at radius 3 is 2.19 bits per heavy atom. The maximum absolute atomic E-state index is 14.6. The SMILES string of the molecule is C=CCN(C(=O)NCc1ccc(OC)cc1)N1CC(=O)N2[C@@H](Cc3ccc(NC(=O)c4cccc5ccccc45)cc3)C(=O)N(Cc3cccc4ccccc34)C[C@@H]21. The van der Waals surface area contributed by atoms with Crippen LogP contribution in [0.2, 0.25) is 0 Å². The number of fused-ring (bicyclic) bond motifs is 3. The highest BCUT2D eigenvalue weighted by Gasteiger charge is 2.52. The molecule has 292 valence electrons. The van der Waals surface area contributed by atoms with E-state index in [9.17, 15) is 19.2 Å². The van der Waals surface area contributed by atoms with Gasteiger partial charge in [-0.25, -0.2) is 4.79 Å². The van der Waals surface area contributed by atoms with Crippen molar-refractivity contribution in [3.05, 3.63) is 168 Å². The Labute approximate surface area is 337 Å². The summed E-state index contributed by atoms with van der Waals surface area (Å²) in [6.07, 6.45) is 1.25. The minimum absolute atomic E-state index is 0.0838. The van der Waals surface area contributed by atoms with E-state index >= 15 is 0 Å². The van der Waals surface area contributed by atoms with E-state index in [-0.39, 0.29) is 56.4 Å². The van der Waals surface area contributed by atoms with Gasteiger partial charge in [0.15, 0.2) is 0 Å². The number of rotatable bonds is 12. The molecule has 11 nitrogen and oxygen atoms in total. The van der Waals surface area contributed by atoms with E-state index in [4.69, 9.17) is 4.74 Å². The molecule has 2 saturated heterocycles. The number of carbonyl (C=O) groups is 4. The summed E-state index contributed by atoms with van der Waals surface area (Å²) in [4.78, 5) is 59.4. The van der Waals surface area contributed by atoms with Crippen LogP contribution in [0.3, 0.4) is 0 Å². The molecule has 5 amide bonds. The number of urea groups is 1. The van der Waals surface area contributed by atoms with Crippen LogP contribution >= 0.6 is 0 Å². The molecule has 0 bridgehead atoms. The molecule has 2 aliphatic heterocycles. The van der Waals surface area contributed by atoms with Gasteiger partial charge in [-0.1, -0.05) is 109 Å². The maximum Gasteiger partial charge on any atom is 0.332 e. The summed E-state index contributed by atoms with van der Waals surface area (Å²) in [5, 5.41) is 13.2. The first-order chi connectivity index (χ1) is 28.3. The zero-order chi connectivity index (χ0) is 40.2. The molecular formula is C47H44N6O5. The minimum atomic E-state index is -0.838. The lowest BCUT2D eigenvalue weighted by Crippen LogP contribution is -2.66. The summed E-state index contributed by atoms with van der Waals surface area (Å²) in [7, 11) is 1.60. The Hall–Kier alpha value is -6.98. The molecule has 0 radical (unpaired) electrons. The highest BCUT2D eigenvalue weighted by molar-refractivity contribution is 6.13. The lowest BCUT2D eigenvalue weighted by atomic mass is 9.98. The van der Waals surface area contributed by atoms with Crippen molar-refractivity contribution in [3.63, 3.8) is 0 Å². The van der Waals surface area contributed by atoms with Crippen LogP contribution < -0.4 is 15.4 Å². The van der Waals surface area contributed by atoms with Gasteiger partial charge in [-0.2, -0.15) is 5.01 Å². The first-order valence-electron chi connectivity index (χ1n) is 19.3. The van der Waals surface area contributed by atoms with Crippen LogP contribution in [0.15, 0.2) is 146 Å². The van der Waals surface area contributed by atoms with Gasteiger partial charge in [0.2, 0.25) is 11.8 Å². The molecule has 0 unspecified atom stereocenters. The number of nitrogens with one attached hydrogen (secondary N) is 2. The van der Waals surface area contributed by atoms with Crippen LogP contribution in [0.1, 0.15) is 27.0 Å². The Balaban J connectivity index is 1.06. The fraction of sp³-hybridized carbons (Fsp3) is 0.191. The quantitative estimate of drug-likeness (QED) is 0.130. The first kappa shape index (κ1) is 37.9. The van der Waals surface area contributed by atoms with Crippen molar-refractivity contribution >= 4 is 51.0 Å². The number of carbonyl (C=O) groups excluding carboxylic acids is 4. The molecule has 0 saturated carbocycles. The summed E-state index contributed by atoms with van der Waals surface area (Å²) < 4.78 is 5.27. The zero-order valence-corrected chi connectivity index (χ0v) is 32.2. The molecule has 6 aromatic carbocycles. The second-order valence-corrected chi connectivity index (χ2v) is 14.5. The molecule has 8 rings (SSSR count). The molecule has 58 heavy (non-hydrogen) atoms. The zero-order valence-electron chi connectivity index (χ0n) is 32.2. The second-order valence-electron chi connectivity index (χ2n) is 14.5. The molecular weight excluding hydrogens is 729 g/mol. The highest BCUT2D eigenvalue weighted by Crippen LogP contribution is 2.32. The topological polar surface area (TPSA) is 115 Å². The van der Waals surface area contributed by atoms with Crippen molar-refractivity contribution in [1.82, 2.24) is 25.1 Å². The van der Waals surface area contributed by atoms with Crippen LogP contribution in [-0.4, -0.2) is 82.5 Å². The van der Waals surface area contributed by atoms with E-state index in [0.29, 0.717) is 23.5 Å². The molecule has 0 aliphatic carbocycles. The van der Waals surface area contributed by atoms with E-state index < -0.39 is 12.2 Å². The number of benzene rings is 6. The van der Waals surface area contributed by atoms with Gasteiger partial charge in [0.25, 0.3) is 5.91 Å². The van der Waals surface area contributed by atoms with Crippen LogP contribution in [0.5, 0.6) is 5.75 Å². The smallest absolute Gasteiger partial charge is 0.332 e. The lowest BCUT2D eigenvalue weighted by Gasteiger charge is -2.46. The Morgan fingerprint density at radius 1 is 0.810 bits per heavy atom.